The first-order valence-corrected chi connectivity index (χ1v) is 13.0. The molecule has 6 rings (SSSR count). The molecule has 1 atom stereocenters. The van der Waals surface area contributed by atoms with Crippen LogP contribution in [0.3, 0.4) is 0 Å². The molecule has 2 amide bonds. The van der Waals surface area contributed by atoms with Gasteiger partial charge in [0.2, 0.25) is 12.7 Å². The maximum atomic E-state index is 14.1. The molecular formula is C30H30N2O5. The number of benzene rings is 3. The number of hydrogen-bond donors (Lipinski definition) is 1. The lowest BCUT2D eigenvalue weighted by Crippen LogP contribution is -2.42. The fourth-order valence-electron chi connectivity index (χ4n) is 5.52. The van der Waals surface area contributed by atoms with Crippen molar-refractivity contribution in [2.45, 2.75) is 44.6 Å². The van der Waals surface area contributed by atoms with Crippen molar-refractivity contribution in [3.63, 3.8) is 0 Å². The van der Waals surface area contributed by atoms with Gasteiger partial charge in [0, 0.05) is 29.4 Å². The number of unbranched alkanes of at least 4 members (excludes halogenated alkanes) is 3. The molecule has 3 aliphatic heterocycles. The fraction of sp³-hybridized carbons (Fsp3) is 0.333. The zero-order chi connectivity index (χ0) is 25.4. The highest BCUT2D eigenvalue weighted by Gasteiger charge is 2.57. The number of carbonyl (C=O) groups is 2. The smallest absolute Gasteiger partial charge is 0.251 e. The third-order valence-corrected chi connectivity index (χ3v) is 7.52. The quantitative estimate of drug-likeness (QED) is 0.445. The first-order chi connectivity index (χ1) is 18.1. The summed E-state index contributed by atoms with van der Waals surface area (Å²) in [7, 11) is 0. The van der Waals surface area contributed by atoms with Gasteiger partial charge in [-0.05, 0) is 41.8 Å². The summed E-state index contributed by atoms with van der Waals surface area (Å²) in [4.78, 5) is 28.5. The van der Waals surface area contributed by atoms with Gasteiger partial charge in [0.25, 0.3) is 5.91 Å². The highest BCUT2D eigenvalue weighted by atomic mass is 16.7. The van der Waals surface area contributed by atoms with Crippen LogP contribution in [0.2, 0.25) is 0 Å². The molecular weight excluding hydrogens is 468 g/mol. The Kier molecular flexibility index (Phi) is 5.99. The minimum Gasteiger partial charge on any atom is -0.491 e. The Bertz CT molecular complexity index is 1350. The predicted octanol–water partition coefficient (Wildman–Crippen LogP) is 4.95. The number of nitrogens with one attached hydrogen (secondary N) is 1. The maximum absolute atomic E-state index is 14.1. The molecule has 1 unspecified atom stereocenters. The SMILES string of the molecule is CCCCCCNC(=O)c1ccc(CN2C(=O)C3(COc4cc5c(cc43)OCO5)c3ccccc32)cc1. The number of hydrogen-bond acceptors (Lipinski definition) is 5. The molecule has 190 valence electrons. The molecule has 0 saturated carbocycles. The maximum Gasteiger partial charge on any atom is 0.251 e. The highest BCUT2D eigenvalue weighted by Crippen LogP contribution is 2.55. The van der Waals surface area contributed by atoms with Crippen molar-refractivity contribution in [1.29, 1.82) is 0 Å². The van der Waals surface area contributed by atoms with Crippen LogP contribution in [-0.2, 0) is 16.8 Å². The second-order valence-electron chi connectivity index (χ2n) is 9.82. The minimum absolute atomic E-state index is 0.0276. The first kappa shape index (κ1) is 23.4. The normalized spacial score (nSPS) is 18.6. The summed E-state index contributed by atoms with van der Waals surface area (Å²) in [6.07, 6.45) is 4.48. The van der Waals surface area contributed by atoms with Crippen LogP contribution in [0.25, 0.3) is 0 Å². The number of amides is 2. The predicted molar refractivity (Wildman–Crippen MR) is 139 cm³/mol. The minimum atomic E-state index is -0.926. The van der Waals surface area contributed by atoms with Gasteiger partial charge in [-0.25, -0.2) is 0 Å². The number of para-hydroxylation sites is 1. The summed E-state index contributed by atoms with van der Waals surface area (Å²) < 4.78 is 17.2. The van der Waals surface area contributed by atoms with Gasteiger partial charge in [-0.15, -0.1) is 0 Å². The van der Waals surface area contributed by atoms with Gasteiger partial charge >= 0.3 is 0 Å². The molecule has 0 saturated heterocycles. The average molecular weight is 499 g/mol. The van der Waals surface area contributed by atoms with E-state index in [0.29, 0.717) is 35.9 Å². The third-order valence-electron chi connectivity index (χ3n) is 7.52. The molecule has 3 aliphatic rings. The summed E-state index contributed by atoms with van der Waals surface area (Å²) in [5, 5.41) is 2.99. The number of carbonyl (C=O) groups excluding carboxylic acids is 2. The lowest BCUT2D eigenvalue weighted by atomic mass is 9.77. The number of nitrogens with zero attached hydrogens (tertiary/aromatic N) is 1. The zero-order valence-corrected chi connectivity index (χ0v) is 20.9. The standard InChI is InChI=1S/C30H30N2O5/c1-2-3-4-7-14-31-28(33)21-12-10-20(11-13-21)17-32-24-9-6-5-8-22(24)30(29(32)34)18-35-25-16-27-26(15-23(25)30)36-19-37-27/h5-6,8-13,15-16H,2-4,7,14,17-19H2,1H3,(H,31,33). The molecule has 0 aromatic heterocycles. The number of ether oxygens (including phenoxy) is 3. The second-order valence-corrected chi connectivity index (χ2v) is 9.82. The summed E-state index contributed by atoms with van der Waals surface area (Å²) in [6, 6.07) is 19.1. The molecule has 3 heterocycles. The van der Waals surface area contributed by atoms with E-state index in [1.165, 1.54) is 12.8 Å². The Morgan fingerprint density at radius 1 is 0.919 bits per heavy atom. The Morgan fingerprint density at radius 2 is 1.70 bits per heavy atom. The topological polar surface area (TPSA) is 77.1 Å². The van der Waals surface area contributed by atoms with Crippen molar-refractivity contribution in [1.82, 2.24) is 5.32 Å². The molecule has 0 radical (unpaired) electrons. The van der Waals surface area contributed by atoms with Gasteiger partial charge < -0.3 is 24.4 Å². The molecule has 0 aliphatic carbocycles. The van der Waals surface area contributed by atoms with Crippen molar-refractivity contribution in [2.24, 2.45) is 0 Å². The van der Waals surface area contributed by atoms with Crippen molar-refractivity contribution in [2.75, 3.05) is 24.8 Å². The van der Waals surface area contributed by atoms with E-state index in [0.717, 1.165) is 35.2 Å². The van der Waals surface area contributed by atoms with Crippen LogP contribution in [0.15, 0.2) is 60.7 Å². The van der Waals surface area contributed by atoms with Crippen molar-refractivity contribution >= 4 is 17.5 Å². The molecule has 37 heavy (non-hydrogen) atoms. The molecule has 0 fully saturated rings. The first-order valence-electron chi connectivity index (χ1n) is 13.0. The van der Waals surface area contributed by atoms with E-state index in [4.69, 9.17) is 14.2 Å². The summed E-state index contributed by atoms with van der Waals surface area (Å²) in [6.45, 7) is 3.65. The monoisotopic (exact) mass is 498 g/mol. The zero-order valence-electron chi connectivity index (χ0n) is 20.9. The summed E-state index contributed by atoms with van der Waals surface area (Å²) in [5.41, 5.74) is 3.25. The Hall–Kier alpha value is -4.00. The Balaban J connectivity index is 1.23. The van der Waals surface area contributed by atoms with Crippen LogP contribution >= 0.6 is 0 Å². The van der Waals surface area contributed by atoms with Gasteiger partial charge in [0.05, 0.1) is 6.54 Å². The van der Waals surface area contributed by atoms with Crippen molar-refractivity contribution in [3.8, 4) is 17.2 Å². The van der Waals surface area contributed by atoms with E-state index in [-0.39, 0.29) is 25.2 Å². The largest absolute Gasteiger partial charge is 0.491 e. The molecule has 1 N–H and O–H groups in total. The van der Waals surface area contributed by atoms with Crippen LogP contribution in [0.5, 0.6) is 17.2 Å². The Labute approximate surface area is 216 Å². The van der Waals surface area contributed by atoms with E-state index in [1.54, 1.807) is 0 Å². The van der Waals surface area contributed by atoms with Crippen LogP contribution in [-0.4, -0.2) is 31.8 Å². The number of rotatable bonds is 8. The van der Waals surface area contributed by atoms with E-state index in [2.05, 4.69) is 12.2 Å². The fourth-order valence-corrected chi connectivity index (χ4v) is 5.52. The number of anilines is 1. The van der Waals surface area contributed by atoms with E-state index in [9.17, 15) is 9.59 Å². The van der Waals surface area contributed by atoms with E-state index < -0.39 is 5.41 Å². The van der Waals surface area contributed by atoms with Crippen molar-refractivity contribution < 1.29 is 23.8 Å². The van der Waals surface area contributed by atoms with Crippen molar-refractivity contribution in [3.05, 3.63) is 82.9 Å². The third kappa shape index (κ3) is 3.89. The van der Waals surface area contributed by atoms with Gasteiger partial charge in [0.15, 0.2) is 11.5 Å². The van der Waals surface area contributed by atoms with Gasteiger partial charge in [-0.1, -0.05) is 56.5 Å². The summed E-state index contributed by atoms with van der Waals surface area (Å²) in [5.74, 6) is 1.82. The van der Waals surface area contributed by atoms with Crippen LogP contribution < -0.4 is 24.4 Å². The molecule has 3 aromatic rings. The van der Waals surface area contributed by atoms with Gasteiger partial charge in [-0.3, -0.25) is 9.59 Å². The second kappa shape index (κ2) is 9.47. The van der Waals surface area contributed by atoms with E-state index >= 15 is 0 Å². The lowest BCUT2D eigenvalue weighted by Gasteiger charge is -2.23. The molecule has 7 nitrogen and oxygen atoms in total. The van der Waals surface area contributed by atoms with Crippen LogP contribution in [0, 0.1) is 0 Å². The van der Waals surface area contributed by atoms with Crippen LogP contribution in [0.1, 0.15) is 59.7 Å². The lowest BCUT2D eigenvalue weighted by molar-refractivity contribution is -0.122. The highest BCUT2D eigenvalue weighted by molar-refractivity contribution is 6.11. The summed E-state index contributed by atoms with van der Waals surface area (Å²) >= 11 is 0. The number of fused-ring (bicyclic) bond motifs is 5. The Morgan fingerprint density at radius 3 is 2.51 bits per heavy atom. The van der Waals surface area contributed by atoms with E-state index in [1.807, 2.05) is 65.6 Å². The molecule has 0 bridgehead atoms. The molecule has 1 spiro atoms. The molecule has 3 aromatic carbocycles. The average Bonchev–Trinajstić information content (AvgIpc) is 3.60. The van der Waals surface area contributed by atoms with Gasteiger partial charge in [-0.2, -0.15) is 0 Å². The van der Waals surface area contributed by atoms with Crippen LogP contribution in [0.4, 0.5) is 5.69 Å². The molecule has 7 heteroatoms. The van der Waals surface area contributed by atoms with Gasteiger partial charge in [0.1, 0.15) is 17.8 Å².